The van der Waals surface area contributed by atoms with E-state index in [4.69, 9.17) is 4.84 Å². The Balaban J connectivity index is 2.95. The molecular weight excluding hydrogens is 208 g/mol. The summed E-state index contributed by atoms with van der Waals surface area (Å²) in [7, 11) is 1.73. The molecule has 0 N–H and O–H groups in total. The van der Waals surface area contributed by atoms with Crippen molar-refractivity contribution in [2.45, 2.75) is 57.7 Å². The average Bonchev–Trinajstić information content (AvgIpc) is 2.00. The maximum atomic E-state index is 5.49. The number of nitrogens with zero attached hydrogens (tertiary/aromatic N) is 2. The minimum atomic E-state index is -0.0170. The van der Waals surface area contributed by atoms with E-state index in [-0.39, 0.29) is 17.1 Å². The molecule has 0 bridgehead atoms. The average molecular weight is 228 g/mol. The predicted molar refractivity (Wildman–Crippen MR) is 65.1 cm³/mol. The normalized spacial score (nSPS) is 25.9. The summed E-state index contributed by atoms with van der Waals surface area (Å²) in [6.07, 6.45) is 1.90. The molecule has 1 fully saturated rings. The molecule has 0 aromatic carbocycles. The Morgan fingerprint density at radius 2 is 1.73 bits per heavy atom. The maximum Gasteiger partial charge on any atom is 0.0639 e. The summed E-state index contributed by atoms with van der Waals surface area (Å²) in [4.78, 5) is 9.72. The van der Waals surface area contributed by atoms with Gasteiger partial charge in [-0.05, 0) is 52.8 Å². The maximum absolute atomic E-state index is 5.49. The van der Waals surface area contributed by atoms with Crippen LogP contribution in [0.1, 0.15) is 40.5 Å². The summed E-state index contributed by atoms with van der Waals surface area (Å²) in [5.74, 6) is 0. The molecule has 1 heterocycles. The van der Waals surface area contributed by atoms with Gasteiger partial charge in [0.25, 0.3) is 0 Å². The molecule has 0 spiro atoms. The van der Waals surface area contributed by atoms with Gasteiger partial charge in [0.1, 0.15) is 0 Å². The smallest absolute Gasteiger partial charge is 0.0639 e. The molecule has 0 unspecified atom stereocenters. The number of hydroxylamine groups is 2. The van der Waals surface area contributed by atoms with Crippen LogP contribution in [0.25, 0.3) is 0 Å². The van der Waals surface area contributed by atoms with E-state index < -0.39 is 0 Å². The van der Waals surface area contributed by atoms with E-state index in [1.807, 2.05) is 0 Å². The Morgan fingerprint density at radius 3 is 2.07 bits per heavy atom. The fourth-order valence-corrected chi connectivity index (χ4v) is 3.02. The summed E-state index contributed by atoms with van der Waals surface area (Å²) >= 11 is 4.68. The van der Waals surface area contributed by atoms with Crippen LogP contribution >= 0.6 is 12.2 Å². The summed E-state index contributed by atoms with van der Waals surface area (Å²) in [5.41, 5.74) is -0.0340. The zero-order chi connectivity index (χ0) is 11.7. The lowest BCUT2D eigenvalue weighted by Gasteiger charge is -2.52. The van der Waals surface area contributed by atoms with E-state index >= 15 is 0 Å². The van der Waals surface area contributed by atoms with Gasteiger partial charge in [0.05, 0.1) is 18.3 Å². The van der Waals surface area contributed by atoms with Crippen LogP contribution in [0.2, 0.25) is 0 Å². The van der Waals surface area contributed by atoms with Gasteiger partial charge < -0.3 is 4.84 Å². The molecule has 1 aliphatic rings. The Bertz CT molecular complexity index is 264. The molecule has 0 atom stereocenters. The van der Waals surface area contributed by atoms with E-state index in [9.17, 15) is 0 Å². The molecule has 3 nitrogen and oxygen atoms in total. The first-order valence-corrected chi connectivity index (χ1v) is 5.66. The summed E-state index contributed by atoms with van der Waals surface area (Å²) in [5, 5.41) is 4.56. The van der Waals surface area contributed by atoms with Crippen molar-refractivity contribution in [3.8, 4) is 0 Å². The van der Waals surface area contributed by atoms with Crippen LogP contribution in [-0.2, 0) is 4.84 Å². The molecule has 4 heteroatoms. The number of thiocarbonyl (C=S) groups is 1. The highest BCUT2D eigenvalue weighted by Gasteiger charge is 2.46. The molecular formula is C11H20N2OS. The van der Waals surface area contributed by atoms with Crippen molar-refractivity contribution < 1.29 is 4.84 Å². The van der Waals surface area contributed by atoms with Gasteiger partial charge in [0.15, 0.2) is 0 Å². The van der Waals surface area contributed by atoms with Gasteiger partial charge in [-0.25, -0.2) is 4.99 Å². The van der Waals surface area contributed by atoms with Gasteiger partial charge in [0, 0.05) is 11.1 Å². The lowest BCUT2D eigenvalue weighted by Crippen LogP contribution is -2.60. The fraction of sp³-hybridized carbons (Fsp3) is 0.909. The molecule has 1 rings (SSSR count). The summed E-state index contributed by atoms with van der Waals surface area (Å²) < 4.78 is 0. The first-order valence-electron chi connectivity index (χ1n) is 5.25. The lowest BCUT2D eigenvalue weighted by atomic mass is 9.79. The van der Waals surface area contributed by atoms with E-state index in [2.05, 4.69) is 55.1 Å². The SMILES string of the molecule is CON1C(C)(C)CC(N=C=S)CC1(C)C. The first-order chi connectivity index (χ1) is 6.83. The van der Waals surface area contributed by atoms with Crippen molar-refractivity contribution in [1.29, 1.82) is 0 Å². The van der Waals surface area contributed by atoms with E-state index in [1.54, 1.807) is 7.11 Å². The van der Waals surface area contributed by atoms with Crippen molar-refractivity contribution in [1.82, 2.24) is 5.06 Å². The van der Waals surface area contributed by atoms with Gasteiger partial charge in [-0.1, -0.05) is 0 Å². The third-order valence-electron chi connectivity index (χ3n) is 2.99. The lowest BCUT2D eigenvalue weighted by molar-refractivity contribution is -0.265. The third kappa shape index (κ3) is 2.64. The molecule has 0 amide bonds. The van der Waals surface area contributed by atoms with Crippen LogP contribution in [-0.4, -0.2) is 34.5 Å². The van der Waals surface area contributed by atoms with Crippen LogP contribution in [0.3, 0.4) is 0 Å². The van der Waals surface area contributed by atoms with E-state index in [1.165, 1.54) is 0 Å². The number of hydrogen-bond acceptors (Lipinski definition) is 4. The minimum Gasteiger partial charge on any atom is -0.301 e. The van der Waals surface area contributed by atoms with Crippen LogP contribution in [0.4, 0.5) is 0 Å². The second-order valence-corrected chi connectivity index (χ2v) is 5.57. The molecule has 1 aliphatic heterocycles. The number of hydrogen-bond donors (Lipinski definition) is 0. The highest BCUT2D eigenvalue weighted by Crippen LogP contribution is 2.39. The fourth-order valence-electron chi connectivity index (χ4n) is 2.87. The Hall–Kier alpha value is -0.280. The number of piperidine rings is 1. The van der Waals surface area contributed by atoms with Crippen molar-refractivity contribution >= 4 is 17.4 Å². The Morgan fingerprint density at radius 1 is 1.27 bits per heavy atom. The van der Waals surface area contributed by atoms with E-state index in [0.717, 1.165) is 12.8 Å². The summed E-state index contributed by atoms with van der Waals surface area (Å²) in [6, 6.07) is 0.263. The molecule has 0 aromatic rings. The highest BCUT2D eigenvalue weighted by atomic mass is 32.1. The van der Waals surface area contributed by atoms with Crippen molar-refractivity contribution in [2.24, 2.45) is 4.99 Å². The topological polar surface area (TPSA) is 24.8 Å². The van der Waals surface area contributed by atoms with Crippen LogP contribution in [0, 0.1) is 0 Å². The van der Waals surface area contributed by atoms with Crippen molar-refractivity contribution in [3.05, 3.63) is 0 Å². The largest absolute Gasteiger partial charge is 0.301 e. The minimum absolute atomic E-state index is 0.0170. The molecule has 1 saturated heterocycles. The zero-order valence-corrected chi connectivity index (χ0v) is 11.0. The molecule has 86 valence electrons. The molecule has 0 aliphatic carbocycles. The number of isothiocyanates is 1. The van der Waals surface area contributed by atoms with Crippen molar-refractivity contribution in [2.75, 3.05) is 7.11 Å². The van der Waals surface area contributed by atoms with E-state index in [0.29, 0.717) is 0 Å². The monoisotopic (exact) mass is 228 g/mol. The molecule has 0 aromatic heterocycles. The second-order valence-electron chi connectivity index (χ2n) is 5.38. The molecule has 0 radical (unpaired) electrons. The van der Waals surface area contributed by atoms with Gasteiger partial charge >= 0.3 is 0 Å². The van der Waals surface area contributed by atoms with Crippen LogP contribution in [0.5, 0.6) is 0 Å². The standard InChI is InChI=1S/C11H20N2OS/c1-10(2)6-9(12-8-15)7-11(3,4)13(10)14-5/h9H,6-7H2,1-5H3. The van der Waals surface area contributed by atoms with Gasteiger partial charge in [-0.3, -0.25) is 0 Å². The second kappa shape index (κ2) is 4.30. The van der Waals surface area contributed by atoms with Gasteiger partial charge in [-0.2, -0.15) is 5.06 Å². The number of aliphatic imine (C=N–C) groups is 1. The Labute approximate surface area is 97.5 Å². The van der Waals surface area contributed by atoms with Gasteiger partial charge in [0.2, 0.25) is 0 Å². The summed E-state index contributed by atoms with van der Waals surface area (Å²) in [6.45, 7) is 8.68. The predicted octanol–water partition coefficient (Wildman–Crippen LogP) is 2.67. The zero-order valence-electron chi connectivity index (χ0n) is 10.2. The molecule has 0 saturated carbocycles. The molecule has 15 heavy (non-hydrogen) atoms. The highest BCUT2D eigenvalue weighted by molar-refractivity contribution is 7.78. The third-order valence-corrected chi connectivity index (χ3v) is 3.09. The Kier molecular flexibility index (Phi) is 3.67. The van der Waals surface area contributed by atoms with Crippen LogP contribution < -0.4 is 0 Å². The number of rotatable bonds is 2. The quantitative estimate of drug-likeness (QED) is 0.536. The van der Waals surface area contributed by atoms with Crippen molar-refractivity contribution in [3.63, 3.8) is 0 Å². The first kappa shape index (κ1) is 12.8. The van der Waals surface area contributed by atoms with Crippen LogP contribution in [0.15, 0.2) is 4.99 Å². The van der Waals surface area contributed by atoms with Gasteiger partial charge in [-0.15, -0.1) is 0 Å².